The van der Waals surface area contributed by atoms with E-state index >= 15 is 0 Å². The number of methoxy groups -OCH3 is 3. The van der Waals surface area contributed by atoms with Crippen molar-refractivity contribution in [3.8, 4) is 11.5 Å². The van der Waals surface area contributed by atoms with Crippen molar-refractivity contribution >= 4 is 5.91 Å². The molecule has 0 aliphatic carbocycles. The van der Waals surface area contributed by atoms with E-state index in [4.69, 9.17) is 14.2 Å². The predicted molar refractivity (Wildman–Crippen MR) is 83.7 cm³/mol. The molecule has 6 nitrogen and oxygen atoms in total. The Bertz CT molecular complexity index is 513. The fraction of sp³-hybridized carbons (Fsp3) is 0.562. The third-order valence-corrected chi connectivity index (χ3v) is 3.99. The van der Waals surface area contributed by atoms with Gasteiger partial charge in [0.25, 0.3) is 5.91 Å². The first kappa shape index (κ1) is 16.6. The molecule has 0 aromatic heterocycles. The highest BCUT2D eigenvalue weighted by atomic mass is 16.5. The third kappa shape index (κ3) is 3.69. The van der Waals surface area contributed by atoms with Crippen LogP contribution in [0.1, 0.15) is 23.2 Å². The summed E-state index contributed by atoms with van der Waals surface area (Å²) in [5, 5.41) is 6.41. The zero-order chi connectivity index (χ0) is 16.0. The normalized spacial score (nSPS) is 20.7. The van der Waals surface area contributed by atoms with Gasteiger partial charge in [0.15, 0.2) is 0 Å². The molecule has 2 rings (SSSR count). The Kier molecular flexibility index (Phi) is 5.63. The molecule has 1 amide bonds. The first-order valence-corrected chi connectivity index (χ1v) is 7.38. The molecule has 2 N–H and O–H groups in total. The van der Waals surface area contributed by atoms with Crippen molar-refractivity contribution in [2.24, 2.45) is 0 Å². The maximum Gasteiger partial charge on any atom is 0.255 e. The van der Waals surface area contributed by atoms with Gasteiger partial charge in [-0.25, -0.2) is 0 Å². The van der Waals surface area contributed by atoms with Crippen LogP contribution in [0.5, 0.6) is 11.5 Å². The van der Waals surface area contributed by atoms with Crippen molar-refractivity contribution in [3.05, 3.63) is 23.8 Å². The van der Waals surface area contributed by atoms with E-state index in [1.807, 2.05) is 0 Å². The summed E-state index contributed by atoms with van der Waals surface area (Å²) < 4.78 is 15.7. The minimum absolute atomic E-state index is 0.163. The van der Waals surface area contributed by atoms with E-state index in [1.54, 1.807) is 32.4 Å². The number of hydrogen-bond acceptors (Lipinski definition) is 5. The van der Waals surface area contributed by atoms with Gasteiger partial charge in [0.2, 0.25) is 0 Å². The molecule has 122 valence electrons. The van der Waals surface area contributed by atoms with E-state index in [0.717, 1.165) is 19.4 Å². The number of rotatable bonds is 7. The fourth-order valence-corrected chi connectivity index (χ4v) is 2.80. The number of ether oxygens (including phenoxy) is 3. The number of benzene rings is 1. The molecule has 1 fully saturated rings. The molecule has 1 aromatic rings. The number of carbonyl (C=O) groups is 1. The molecule has 0 saturated carbocycles. The fourth-order valence-electron chi connectivity index (χ4n) is 2.80. The molecule has 1 saturated heterocycles. The number of nitrogens with one attached hydrogen (secondary N) is 2. The van der Waals surface area contributed by atoms with Crippen LogP contribution in [-0.2, 0) is 4.74 Å². The lowest BCUT2D eigenvalue weighted by Gasteiger charge is -2.29. The lowest BCUT2D eigenvalue weighted by molar-refractivity contribution is 0.0889. The number of hydrogen-bond donors (Lipinski definition) is 2. The van der Waals surface area contributed by atoms with Gasteiger partial charge in [0.1, 0.15) is 11.5 Å². The highest BCUT2D eigenvalue weighted by Crippen LogP contribution is 2.25. The Balaban J connectivity index is 2.05. The van der Waals surface area contributed by atoms with Gasteiger partial charge in [-0.3, -0.25) is 4.79 Å². The Morgan fingerprint density at radius 1 is 1.32 bits per heavy atom. The molecule has 1 atom stereocenters. The van der Waals surface area contributed by atoms with Crippen LogP contribution in [0, 0.1) is 0 Å². The van der Waals surface area contributed by atoms with Gasteiger partial charge in [-0.15, -0.1) is 0 Å². The first-order chi connectivity index (χ1) is 10.6. The largest absolute Gasteiger partial charge is 0.497 e. The molecule has 6 heteroatoms. The van der Waals surface area contributed by atoms with Gasteiger partial charge in [-0.2, -0.15) is 0 Å². The van der Waals surface area contributed by atoms with Crippen LogP contribution < -0.4 is 20.1 Å². The SMILES string of the molecule is COCC1(CNC(=O)c2ccc(OC)cc2OC)CCCN1. The molecule has 1 heterocycles. The summed E-state index contributed by atoms with van der Waals surface area (Å²) in [4.78, 5) is 12.4. The van der Waals surface area contributed by atoms with Crippen LogP contribution in [0.25, 0.3) is 0 Å². The molecule has 0 spiro atoms. The first-order valence-electron chi connectivity index (χ1n) is 7.38. The van der Waals surface area contributed by atoms with Crippen molar-refractivity contribution in [2.45, 2.75) is 18.4 Å². The number of carbonyl (C=O) groups excluding carboxylic acids is 1. The van der Waals surface area contributed by atoms with Gasteiger partial charge >= 0.3 is 0 Å². The average Bonchev–Trinajstić information content (AvgIpc) is 3.01. The monoisotopic (exact) mass is 308 g/mol. The van der Waals surface area contributed by atoms with E-state index in [9.17, 15) is 4.79 Å². The molecule has 1 unspecified atom stereocenters. The topological polar surface area (TPSA) is 68.8 Å². The van der Waals surface area contributed by atoms with Crippen LogP contribution in [-0.4, -0.2) is 52.5 Å². The van der Waals surface area contributed by atoms with Crippen LogP contribution in [0.2, 0.25) is 0 Å². The smallest absolute Gasteiger partial charge is 0.255 e. The van der Waals surface area contributed by atoms with E-state index in [2.05, 4.69) is 10.6 Å². The lowest BCUT2D eigenvalue weighted by Crippen LogP contribution is -2.53. The maximum atomic E-state index is 12.4. The Labute approximate surface area is 131 Å². The zero-order valence-electron chi connectivity index (χ0n) is 13.4. The summed E-state index contributed by atoms with van der Waals surface area (Å²) in [6, 6.07) is 5.15. The molecular weight excluding hydrogens is 284 g/mol. The Morgan fingerprint density at radius 3 is 2.73 bits per heavy atom. The van der Waals surface area contributed by atoms with Gasteiger partial charge in [0, 0.05) is 19.7 Å². The van der Waals surface area contributed by atoms with Crippen molar-refractivity contribution in [1.82, 2.24) is 10.6 Å². The predicted octanol–water partition coefficient (Wildman–Crippen LogP) is 1.20. The average molecular weight is 308 g/mol. The number of amides is 1. The standard InChI is InChI=1S/C16H24N2O4/c1-20-11-16(7-4-8-18-16)10-17-15(19)13-6-5-12(21-2)9-14(13)22-3/h5-6,9,18H,4,7-8,10-11H2,1-3H3,(H,17,19). The summed E-state index contributed by atoms with van der Waals surface area (Å²) in [6.07, 6.45) is 2.08. The maximum absolute atomic E-state index is 12.4. The van der Waals surface area contributed by atoms with Crippen molar-refractivity contribution in [3.63, 3.8) is 0 Å². The van der Waals surface area contributed by atoms with Crippen LogP contribution in [0.3, 0.4) is 0 Å². The molecule has 0 bridgehead atoms. The van der Waals surface area contributed by atoms with E-state index in [-0.39, 0.29) is 11.4 Å². The lowest BCUT2D eigenvalue weighted by atomic mass is 9.98. The summed E-state index contributed by atoms with van der Waals surface area (Å²) in [7, 11) is 4.79. The Morgan fingerprint density at radius 2 is 2.14 bits per heavy atom. The molecular formula is C16H24N2O4. The van der Waals surface area contributed by atoms with E-state index < -0.39 is 0 Å². The van der Waals surface area contributed by atoms with Crippen LogP contribution >= 0.6 is 0 Å². The summed E-state index contributed by atoms with van der Waals surface area (Å²) >= 11 is 0. The van der Waals surface area contributed by atoms with Crippen molar-refractivity contribution in [2.75, 3.05) is 41.0 Å². The molecule has 1 aliphatic heterocycles. The van der Waals surface area contributed by atoms with Crippen molar-refractivity contribution in [1.29, 1.82) is 0 Å². The second kappa shape index (κ2) is 7.47. The molecule has 1 aliphatic rings. The van der Waals surface area contributed by atoms with Gasteiger partial charge in [-0.05, 0) is 31.5 Å². The molecule has 0 radical (unpaired) electrons. The Hall–Kier alpha value is -1.79. The highest BCUT2D eigenvalue weighted by molar-refractivity contribution is 5.97. The second-order valence-corrected chi connectivity index (χ2v) is 5.49. The molecule has 1 aromatic carbocycles. The second-order valence-electron chi connectivity index (χ2n) is 5.49. The molecule has 22 heavy (non-hydrogen) atoms. The van der Waals surface area contributed by atoms with E-state index in [0.29, 0.717) is 30.2 Å². The van der Waals surface area contributed by atoms with Crippen LogP contribution in [0.15, 0.2) is 18.2 Å². The summed E-state index contributed by atoms with van der Waals surface area (Å²) in [5.74, 6) is 0.988. The van der Waals surface area contributed by atoms with Crippen LogP contribution in [0.4, 0.5) is 0 Å². The van der Waals surface area contributed by atoms with Crippen molar-refractivity contribution < 1.29 is 19.0 Å². The summed E-state index contributed by atoms with van der Waals surface area (Å²) in [6.45, 7) is 2.05. The summed E-state index contributed by atoms with van der Waals surface area (Å²) in [5.41, 5.74) is 0.318. The third-order valence-electron chi connectivity index (χ3n) is 3.99. The zero-order valence-corrected chi connectivity index (χ0v) is 13.4. The van der Waals surface area contributed by atoms with Gasteiger partial charge in [0.05, 0.1) is 31.9 Å². The van der Waals surface area contributed by atoms with E-state index in [1.165, 1.54) is 7.11 Å². The minimum atomic E-state index is -0.176. The van der Waals surface area contributed by atoms with Gasteiger partial charge in [-0.1, -0.05) is 0 Å². The minimum Gasteiger partial charge on any atom is -0.497 e. The highest BCUT2D eigenvalue weighted by Gasteiger charge is 2.34. The van der Waals surface area contributed by atoms with Gasteiger partial charge < -0.3 is 24.8 Å². The quantitative estimate of drug-likeness (QED) is 0.792.